The maximum Gasteiger partial charge on any atom is 0.332 e. The molecule has 0 aliphatic heterocycles. The molecule has 4 rings (SSSR count). The second-order valence-corrected chi connectivity index (χ2v) is 7.49. The van der Waals surface area contributed by atoms with Gasteiger partial charge in [0.1, 0.15) is 6.54 Å². The van der Waals surface area contributed by atoms with Crippen molar-refractivity contribution in [3.05, 3.63) is 60.2 Å². The van der Waals surface area contributed by atoms with Crippen molar-refractivity contribution in [2.75, 3.05) is 0 Å². The molecule has 4 aromatic rings. The van der Waals surface area contributed by atoms with E-state index in [1.165, 1.54) is 11.6 Å². The first-order valence-corrected chi connectivity index (χ1v) is 9.35. The highest BCUT2D eigenvalue weighted by atomic mass is 79.9. The zero-order chi connectivity index (χ0) is 19.3. The van der Waals surface area contributed by atoms with Crippen molar-refractivity contribution in [1.29, 1.82) is 0 Å². The largest absolute Gasteiger partial charge is 0.337 e. The van der Waals surface area contributed by atoms with Crippen molar-refractivity contribution in [2.45, 2.75) is 6.54 Å². The number of rotatable bonds is 3. The molecule has 0 radical (unpaired) electrons. The third-order valence-corrected chi connectivity index (χ3v) is 5.24. The van der Waals surface area contributed by atoms with E-state index < -0.39 is 11.2 Å². The summed E-state index contributed by atoms with van der Waals surface area (Å²) in [5.74, 6) is 0.759. The minimum atomic E-state index is -0.465. The standard InChI is InChI=1S/C16H12Br2N6O3/c1-22-13-11(14(25)23(2)16(22)26)20-15(18)24(13)7-10-19-12(21-27-10)8-4-3-5-9(17)6-8/h3-6H,7H2,1-2H3. The third kappa shape index (κ3) is 2.96. The summed E-state index contributed by atoms with van der Waals surface area (Å²) in [4.78, 5) is 33.2. The highest BCUT2D eigenvalue weighted by Gasteiger charge is 2.20. The number of nitrogens with zero attached hydrogens (tertiary/aromatic N) is 6. The lowest BCUT2D eigenvalue weighted by Crippen LogP contribution is -2.37. The highest BCUT2D eigenvalue weighted by molar-refractivity contribution is 9.10. The Balaban J connectivity index is 1.80. The Bertz CT molecular complexity index is 1300. The number of halogens is 2. The molecule has 0 N–H and O–H groups in total. The summed E-state index contributed by atoms with van der Waals surface area (Å²) in [7, 11) is 2.99. The van der Waals surface area contributed by atoms with E-state index in [9.17, 15) is 9.59 Å². The van der Waals surface area contributed by atoms with E-state index in [1.807, 2.05) is 24.3 Å². The maximum atomic E-state index is 12.3. The Morgan fingerprint density at radius 3 is 2.63 bits per heavy atom. The first-order chi connectivity index (χ1) is 12.9. The van der Waals surface area contributed by atoms with Crippen LogP contribution in [0.5, 0.6) is 0 Å². The maximum absolute atomic E-state index is 12.3. The van der Waals surface area contributed by atoms with Crippen LogP contribution in [-0.4, -0.2) is 28.8 Å². The summed E-state index contributed by atoms with van der Waals surface area (Å²) >= 11 is 6.75. The quantitative estimate of drug-likeness (QED) is 0.403. The molecule has 0 atom stereocenters. The molecule has 9 nitrogen and oxygen atoms in total. The van der Waals surface area contributed by atoms with Crippen LogP contribution < -0.4 is 11.2 Å². The van der Waals surface area contributed by atoms with Gasteiger partial charge in [0.2, 0.25) is 11.7 Å². The van der Waals surface area contributed by atoms with Crippen LogP contribution in [0.1, 0.15) is 5.89 Å². The summed E-state index contributed by atoms with van der Waals surface area (Å²) < 4.78 is 10.6. The van der Waals surface area contributed by atoms with Gasteiger partial charge >= 0.3 is 5.69 Å². The van der Waals surface area contributed by atoms with E-state index in [-0.39, 0.29) is 12.1 Å². The fourth-order valence-electron chi connectivity index (χ4n) is 2.80. The van der Waals surface area contributed by atoms with Crippen molar-refractivity contribution in [2.24, 2.45) is 14.1 Å². The fraction of sp³-hybridized carbons (Fsp3) is 0.188. The van der Waals surface area contributed by atoms with Crippen LogP contribution in [0.2, 0.25) is 0 Å². The Kier molecular flexibility index (Phi) is 4.35. The minimum Gasteiger partial charge on any atom is -0.337 e. The van der Waals surface area contributed by atoms with Gasteiger partial charge in [-0.3, -0.25) is 18.5 Å². The number of imidazole rings is 1. The van der Waals surface area contributed by atoms with Gasteiger partial charge in [0.15, 0.2) is 15.9 Å². The molecule has 0 spiro atoms. The van der Waals surface area contributed by atoms with E-state index >= 15 is 0 Å². The molecule has 1 aromatic carbocycles. The lowest BCUT2D eigenvalue weighted by Gasteiger charge is -2.07. The Morgan fingerprint density at radius 1 is 1.11 bits per heavy atom. The first-order valence-electron chi connectivity index (χ1n) is 7.77. The average Bonchev–Trinajstić information content (AvgIpc) is 3.24. The van der Waals surface area contributed by atoms with Crippen LogP contribution in [0, 0.1) is 0 Å². The van der Waals surface area contributed by atoms with Gasteiger partial charge in [-0.1, -0.05) is 33.2 Å². The molecule has 0 fully saturated rings. The lowest BCUT2D eigenvalue weighted by atomic mass is 10.2. The monoisotopic (exact) mass is 494 g/mol. The zero-order valence-corrected chi connectivity index (χ0v) is 17.4. The van der Waals surface area contributed by atoms with E-state index in [2.05, 4.69) is 47.0 Å². The molecule has 138 valence electrons. The highest BCUT2D eigenvalue weighted by Crippen LogP contribution is 2.22. The average molecular weight is 496 g/mol. The molecule has 0 saturated carbocycles. The van der Waals surface area contributed by atoms with Crippen LogP contribution in [0.25, 0.3) is 22.6 Å². The van der Waals surface area contributed by atoms with Crippen LogP contribution in [0.4, 0.5) is 0 Å². The van der Waals surface area contributed by atoms with Crippen molar-refractivity contribution < 1.29 is 4.52 Å². The summed E-state index contributed by atoms with van der Waals surface area (Å²) in [6, 6.07) is 7.53. The predicted octanol–water partition coefficient (Wildman–Crippen LogP) is 2.06. The Labute approximate surface area is 168 Å². The zero-order valence-electron chi connectivity index (χ0n) is 14.2. The second kappa shape index (κ2) is 6.57. The van der Waals surface area contributed by atoms with Gasteiger partial charge in [0.25, 0.3) is 5.56 Å². The van der Waals surface area contributed by atoms with Crippen LogP contribution in [0.3, 0.4) is 0 Å². The molecular weight excluding hydrogens is 484 g/mol. The van der Waals surface area contributed by atoms with E-state index in [0.29, 0.717) is 22.1 Å². The van der Waals surface area contributed by atoms with Crippen LogP contribution in [-0.2, 0) is 20.6 Å². The van der Waals surface area contributed by atoms with Gasteiger partial charge in [-0.05, 0) is 28.1 Å². The second-order valence-electron chi connectivity index (χ2n) is 5.87. The molecule has 0 aliphatic carbocycles. The molecule has 0 unspecified atom stereocenters. The van der Waals surface area contributed by atoms with Crippen LogP contribution in [0.15, 0.2) is 47.6 Å². The fourth-order valence-corrected chi connectivity index (χ4v) is 3.67. The number of hydrogen-bond donors (Lipinski definition) is 0. The summed E-state index contributed by atoms with van der Waals surface area (Å²) in [5.41, 5.74) is 0.444. The summed E-state index contributed by atoms with van der Waals surface area (Å²) in [6.07, 6.45) is 0. The number of aromatic nitrogens is 6. The molecule has 27 heavy (non-hydrogen) atoms. The number of benzene rings is 1. The summed E-state index contributed by atoms with van der Waals surface area (Å²) in [5, 5.41) is 4.00. The van der Waals surface area contributed by atoms with E-state index in [4.69, 9.17) is 4.52 Å². The number of hydrogen-bond acceptors (Lipinski definition) is 6. The van der Waals surface area contributed by atoms with Gasteiger partial charge < -0.3 is 4.52 Å². The van der Waals surface area contributed by atoms with Gasteiger partial charge in [-0.2, -0.15) is 4.98 Å². The molecule has 3 aromatic heterocycles. The normalized spacial score (nSPS) is 11.4. The number of aryl methyl sites for hydroxylation is 1. The summed E-state index contributed by atoms with van der Waals surface area (Å²) in [6.45, 7) is 0.151. The van der Waals surface area contributed by atoms with E-state index in [0.717, 1.165) is 14.6 Å². The van der Waals surface area contributed by atoms with Crippen LogP contribution >= 0.6 is 31.9 Å². The van der Waals surface area contributed by atoms with Crippen molar-refractivity contribution >= 4 is 43.0 Å². The molecule has 0 aliphatic rings. The lowest BCUT2D eigenvalue weighted by molar-refractivity contribution is 0.371. The smallest absolute Gasteiger partial charge is 0.332 e. The molecular formula is C16H12Br2N6O3. The van der Waals surface area contributed by atoms with Gasteiger partial charge in [-0.15, -0.1) is 0 Å². The number of fused-ring (bicyclic) bond motifs is 1. The van der Waals surface area contributed by atoms with Crippen molar-refractivity contribution in [1.82, 2.24) is 28.8 Å². The molecule has 0 amide bonds. The third-order valence-electron chi connectivity index (χ3n) is 4.14. The minimum absolute atomic E-state index is 0.151. The Hall–Kier alpha value is -2.53. The van der Waals surface area contributed by atoms with E-state index in [1.54, 1.807) is 11.6 Å². The Morgan fingerprint density at radius 2 is 1.89 bits per heavy atom. The van der Waals surface area contributed by atoms with Gasteiger partial charge in [0.05, 0.1) is 0 Å². The SMILES string of the molecule is Cn1c(=O)c2nc(Br)n(Cc3nc(-c4cccc(Br)c4)no3)c2n(C)c1=O. The molecule has 11 heteroatoms. The predicted molar refractivity (Wildman–Crippen MR) is 104 cm³/mol. The van der Waals surface area contributed by atoms with Gasteiger partial charge in [0, 0.05) is 24.1 Å². The van der Waals surface area contributed by atoms with Crippen molar-refractivity contribution in [3.63, 3.8) is 0 Å². The molecule has 0 bridgehead atoms. The topological polar surface area (TPSA) is 101 Å². The van der Waals surface area contributed by atoms with Gasteiger partial charge in [-0.25, -0.2) is 9.78 Å². The molecule has 3 heterocycles. The molecule has 0 saturated heterocycles. The van der Waals surface area contributed by atoms with Crippen molar-refractivity contribution in [3.8, 4) is 11.4 Å². The first kappa shape index (κ1) is 17.9.